The van der Waals surface area contributed by atoms with Gasteiger partial charge in [0.15, 0.2) is 5.78 Å². The third-order valence-electron chi connectivity index (χ3n) is 25.4. The van der Waals surface area contributed by atoms with Gasteiger partial charge < -0.3 is 49.4 Å². The molecule has 9 aliphatic rings. The first-order valence-electron chi connectivity index (χ1n) is 48.9. The van der Waals surface area contributed by atoms with Crippen molar-refractivity contribution in [1.29, 1.82) is 0 Å². The van der Waals surface area contributed by atoms with E-state index >= 15 is 0 Å². The minimum Gasteiger partial charge on any atom is -0.508 e. The van der Waals surface area contributed by atoms with Gasteiger partial charge in [-0.25, -0.2) is 0 Å². The molecule has 16 nitrogen and oxygen atoms in total. The van der Waals surface area contributed by atoms with E-state index in [4.69, 9.17) is 29.4 Å². The maximum Gasteiger partial charge on any atom is 0.308 e. The maximum atomic E-state index is 12.0. The van der Waals surface area contributed by atoms with Crippen LogP contribution in [0.25, 0.3) is 39.0 Å². The molecule has 7 aromatic carbocycles. The van der Waals surface area contributed by atoms with Crippen LogP contribution in [-0.2, 0) is 56.1 Å². The Morgan fingerprint density at radius 2 is 0.679 bits per heavy atom. The van der Waals surface area contributed by atoms with Gasteiger partial charge >= 0.3 is 11.9 Å². The second kappa shape index (κ2) is 45.6. The van der Waals surface area contributed by atoms with Crippen molar-refractivity contribution in [2.75, 3.05) is 36.2 Å². The zero-order valence-electron chi connectivity index (χ0n) is 88.0. The first kappa shape index (κ1) is 109. The number of aliphatic imine (C=N–C) groups is 1. The molecule has 0 fully saturated rings. The van der Waals surface area contributed by atoms with Crippen molar-refractivity contribution < 1.29 is 57.9 Å². The van der Waals surface area contributed by atoms with E-state index in [-0.39, 0.29) is 79.0 Å². The number of nitrogens with two attached hydrogens (primary N) is 1. The van der Waals surface area contributed by atoms with Crippen LogP contribution < -0.4 is 39.2 Å². The molecule has 3 heterocycles. The molecule has 6 aliphatic carbocycles. The number of rotatable bonds is 15. The number of hydrogen-bond acceptors (Lipinski definition) is 14. The zero-order valence-corrected chi connectivity index (χ0v) is 88.0. The van der Waals surface area contributed by atoms with E-state index in [1.54, 1.807) is 78.3 Å². The molecule has 0 unspecified atom stereocenters. The molecule has 137 heavy (non-hydrogen) atoms. The summed E-state index contributed by atoms with van der Waals surface area (Å²) in [5, 5.41) is 18.9. The number of fused-ring (bicyclic) bond motifs is 8. The molecule has 0 spiro atoms. The molecule has 732 valence electrons. The molecule has 16 rings (SSSR count). The molecule has 0 bridgehead atoms. The number of amides is 2. The van der Waals surface area contributed by atoms with Gasteiger partial charge in [0.25, 0.3) is 0 Å². The standard InChI is InChI=1S/C18H27NO.C18H26O.C16H19NO3.C15H18O2.C15H20O.C14H17NO2.C13H16O.C12H13NO/c1-14-12-18(2,3)13-15-7-8-16(11-17(14)15)20-10-6-4-5-9-19;1-5-6-7-10-19-16-9-8-15-13-18(3,4)12-14(2)17(15)11-16;1-10-9-16(4,5)17(11(2)18)15-7-6-13(8-14(10)15)20-12(3)19;1-10-8-15(3,4)9-12-5-6-13(7-14(10)12)17-11(2)16;1-5-16-13-7-6-12-10-15(3,4)9-11(2)14(12)8-13;1-9-8-14(3,4)15(10(2)16)13-6-5-11(17)7-12(9)13;1-9-7-13(2,3)8-10-4-5-11(14)6-12(9)10;1-8-7-12(2,3)13-11-5-4-9(14)6-10(8)11/h7-8,11-12H,4-6,9-10,13,19H2,1-3H3;8-9,11-12H,5-7,10,13H2,1-4H3;6-9H,1-5H3;5-8H,9H2,1-4H3;6-9H,5,10H2,1-4H3;5-8,17H,1-4H3;4-7,14H,8H2,1-3H3;4-7H,1-3H3. The Morgan fingerprint density at radius 3 is 1.05 bits per heavy atom. The molecular weight excluding hydrogens is 1700 g/mol. The molecule has 4 N–H and O–H groups in total. The lowest BCUT2D eigenvalue weighted by molar-refractivity contribution is -0.132. The molecule has 0 saturated carbocycles. The molecule has 2 amide bonds. The number of nitrogens with zero attached hydrogens (tertiary/aromatic N) is 3. The number of ketones is 1. The SMILES string of the molecule is CC(=O)N1c2ccc(O)cc2C(C)=CC1(C)C.CC(=O)Oc1ccc2c(c1)C(C)=CC(C)(C)C2.CC(=O)Oc1ccc2c(c1)C(C)=CC(C)(C)N2C(C)=O.CC1=CC(C)(C)Cc2ccc(O)cc21.CC1=CC(C)(C)Cc2ccc(OCCCCCN)cc21.CC1=CC(C)(C)N=C2C=CC(=O)C=C12.CCCCCOc1ccc2c(c1)C(C)=CC(C)(C)C2.CCOc1ccc2c(c1)C(C)=CC(C)(C)C2. The average Bonchev–Trinajstić information content (AvgIpc) is 0.754. The topological polar surface area (TPSA) is 217 Å². The number of carbonyl (C=O) groups excluding carboxylic acids is 5. The van der Waals surface area contributed by atoms with Crippen molar-refractivity contribution >= 4 is 85.6 Å². The molecule has 7 aromatic rings. The fraction of sp³-hybridized carbons (Fsp3) is 0.438. The summed E-state index contributed by atoms with van der Waals surface area (Å²) in [6.07, 6.45) is 35.3. The highest BCUT2D eigenvalue weighted by molar-refractivity contribution is 6.22. The van der Waals surface area contributed by atoms with Crippen LogP contribution in [0.3, 0.4) is 0 Å². The van der Waals surface area contributed by atoms with Crippen LogP contribution in [0.2, 0.25) is 0 Å². The Bertz CT molecular complexity index is 6000. The number of allylic oxidation sites excluding steroid dienone is 17. The monoisotopic (exact) mass is 1860 g/mol. The van der Waals surface area contributed by atoms with Crippen molar-refractivity contribution in [3.05, 3.63) is 272 Å². The Kier molecular flexibility index (Phi) is 36.2. The first-order chi connectivity index (χ1) is 63.9. The number of dihydropyridines is 1. The van der Waals surface area contributed by atoms with Crippen LogP contribution in [0.1, 0.15) is 313 Å². The van der Waals surface area contributed by atoms with E-state index < -0.39 is 0 Å². The molecule has 0 aromatic heterocycles. The minimum atomic E-state index is -0.369. The zero-order chi connectivity index (χ0) is 101. The van der Waals surface area contributed by atoms with Crippen LogP contribution in [0.5, 0.6) is 40.2 Å². The van der Waals surface area contributed by atoms with Crippen LogP contribution >= 0.6 is 0 Å². The van der Waals surface area contributed by atoms with E-state index in [0.29, 0.717) is 17.2 Å². The number of benzene rings is 7. The van der Waals surface area contributed by atoms with E-state index in [2.05, 4.69) is 233 Å². The smallest absolute Gasteiger partial charge is 0.308 e. The Balaban J connectivity index is 0.000000176. The van der Waals surface area contributed by atoms with Gasteiger partial charge in [-0.15, -0.1) is 0 Å². The lowest BCUT2D eigenvalue weighted by Crippen LogP contribution is -2.47. The van der Waals surface area contributed by atoms with Crippen molar-refractivity contribution in [3.8, 4) is 40.2 Å². The number of aromatic hydroxyl groups is 2. The summed E-state index contributed by atoms with van der Waals surface area (Å²) >= 11 is 0. The van der Waals surface area contributed by atoms with Gasteiger partial charge in [-0.1, -0.05) is 168 Å². The van der Waals surface area contributed by atoms with Crippen LogP contribution in [0.15, 0.2) is 210 Å². The quantitative estimate of drug-likeness (QED) is 0.0377. The molecular formula is C121H156N4O12. The van der Waals surface area contributed by atoms with Gasteiger partial charge in [0, 0.05) is 44.4 Å². The fourth-order valence-electron chi connectivity index (χ4n) is 20.5. The first-order valence-corrected chi connectivity index (χ1v) is 48.9. The van der Waals surface area contributed by atoms with Crippen LogP contribution in [-0.4, -0.2) is 88.4 Å². The second-order valence-corrected chi connectivity index (χ2v) is 43.3. The lowest BCUT2D eigenvalue weighted by Gasteiger charge is -2.41. The molecule has 0 atom stereocenters. The number of esters is 2. The summed E-state index contributed by atoms with van der Waals surface area (Å²) in [6, 6.07) is 41.6. The van der Waals surface area contributed by atoms with E-state index in [1.165, 1.54) is 110 Å². The van der Waals surface area contributed by atoms with Gasteiger partial charge in [0.2, 0.25) is 11.8 Å². The Morgan fingerprint density at radius 1 is 0.365 bits per heavy atom. The Labute approximate surface area is 819 Å². The fourth-order valence-corrected chi connectivity index (χ4v) is 20.5. The maximum absolute atomic E-state index is 12.0. The number of hydrogen-bond donors (Lipinski definition) is 3. The molecule has 0 radical (unpaired) electrons. The van der Waals surface area contributed by atoms with E-state index in [0.717, 1.165) is 152 Å². The summed E-state index contributed by atoms with van der Waals surface area (Å²) in [6.45, 7) is 65.0. The summed E-state index contributed by atoms with van der Waals surface area (Å²) < 4.78 is 27.5. The summed E-state index contributed by atoms with van der Waals surface area (Å²) in [7, 11) is 0. The van der Waals surface area contributed by atoms with Crippen LogP contribution in [0.4, 0.5) is 11.4 Å². The summed E-state index contributed by atoms with van der Waals surface area (Å²) in [5.74, 6) is 4.10. The minimum absolute atomic E-state index is 0.00527. The Hall–Kier alpha value is -11.9. The van der Waals surface area contributed by atoms with Gasteiger partial charge in [-0.2, -0.15) is 0 Å². The van der Waals surface area contributed by atoms with E-state index in [1.807, 2.05) is 91.8 Å². The van der Waals surface area contributed by atoms with Crippen molar-refractivity contribution in [1.82, 2.24) is 0 Å². The number of phenolic OH excluding ortho intramolecular Hbond substituents is 2. The highest BCUT2D eigenvalue weighted by Gasteiger charge is 2.37. The third-order valence-corrected chi connectivity index (χ3v) is 25.4. The van der Waals surface area contributed by atoms with Gasteiger partial charge in [-0.05, 0) is 411 Å². The van der Waals surface area contributed by atoms with Gasteiger partial charge in [0.1, 0.15) is 40.2 Å². The van der Waals surface area contributed by atoms with Gasteiger partial charge in [-0.3, -0.25) is 29.0 Å². The molecule has 3 aliphatic heterocycles. The lowest BCUT2D eigenvalue weighted by atomic mass is 9.76. The van der Waals surface area contributed by atoms with Crippen molar-refractivity contribution in [3.63, 3.8) is 0 Å². The predicted molar refractivity (Wildman–Crippen MR) is 571 cm³/mol. The predicted octanol–water partition coefficient (Wildman–Crippen LogP) is 28.8. The van der Waals surface area contributed by atoms with Crippen LogP contribution in [0, 0.1) is 27.1 Å². The number of phenols is 2. The largest absolute Gasteiger partial charge is 0.508 e. The van der Waals surface area contributed by atoms with Crippen molar-refractivity contribution in [2.24, 2.45) is 37.8 Å². The highest BCUT2D eigenvalue weighted by Crippen LogP contribution is 2.47. The highest BCUT2D eigenvalue weighted by atomic mass is 16.5. The number of anilines is 2. The number of ether oxygens (including phenoxy) is 5. The third kappa shape index (κ3) is 30.6. The number of carbonyl (C=O) groups is 5. The van der Waals surface area contributed by atoms with Crippen molar-refractivity contribution in [2.45, 2.75) is 295 Å². The second-order valence-electron chi connectivity index (χ2n) is 43.3. The van der Waals surface area contributed by atoms with Gasteiger partial charge in [0.05, 0.1) is 53.5 Å². The molecule has 16 heteroatoms. The average molecular weight is 1860 g/mol. The summed E-state index contributed by atoms with van der Waals surface area (Å²) in [5.41, 5.74) is 34.7. The normalized spacial score (nSPS) is 17.8. The number of unbranched alkanes of at least 4 members (excludes halogenated alkanes) is 4. The molecule has 0 saturated heterocycles. The van der Waals surface area contributed by atoms with E-state index in [9.17, 15) is 34.2 Å². The summed E-state index contributed by atoms with van der Waals surface area (Å²) in [4.78, 5) is 65.0.